The second-order valence-electron chi connectivity index (χ2n) is 5.52. The first-order valence-corrected chi connectivity index (χ1v) is 6.35. The molecule has 1 aromatic heterocycles. The minimum absolute atomic E-state index is 0.400. The normalized spacial score (nSPS) is 18.5. The molecule has 1 aliphatic rings. The lowest BCUT2D eigenvalue weighted by molar-refractivity contribution is 0.418. The van der Waals surface area contributed by atoms with Gasteiger partial charge in [-0.05, 0) is 25.7 Å². The van der Waals surface area contributed by atoms with Crippen LogP contribution in [0.25, 0.3) is 0 Å². The van der Waals surface area contributed by atoms with Crippen molar-refractivity contribution in [3.05, 3.63) is 11.9 Å². The largest absolute Gasteiger partial charge is 0.370 e. The molecule has 0 atom stereocenters. The molecule has 0 aliphatic carbocycles. The summed E-state index contributed by atoms with van der Waals surface area (Å²) in [6.45, 7) is 11.7. The Balaban J connectivity index is 2.21. The van der Waals surface area contributed by atoms with Crippen LogP contribution in [-0.2, 0) is 0 Å². The van der Waals surface area contributed by atoms with Crippen LogP contribution in [0.2, 0.25) is 0 Å². The highest BCUT2D eigenvalue weighted by molar-refractivity contribution is 5.50. The van der Waals surface area contributed by atoms with Crippen LogP contribution in [0, 0.1) is 12.3 Å². The minimum Gasteiger partial charge on any atom is -0.370 e. The van der Waals surface area contributed by atoms with Gasteiger partial charge in [-0.3, -0.25) is 0 Å². The Morgan fingerprint density at radius 2 is 2.18 bits per heavy atom. The van der Waals surface area contributed by atoms with Gasteiger partial charge >= 0.3 is 0 Å². The van der Waals surface area contributed by atoms with Crippen LogP contribution in [0.1, 0.15) is 33.0 Å². The van der Waals surface area contributed by atoms with Crippen LogP contribution in [0.15, 0.2) is 6.07 Å². The Bertz CT molecular complexity index is 400. The van der Waals surface area contributed by atoms with Crippen molar-refractivity contribution in [2.45, 2.75) is 34.1 Å². The summed E-state index contributed by atoms with van der Waals surface area (Å²) in [4.78, 5) is 11.3. The number of aryl methyl sites for hydroxylation is 1. The van der Waals surface area contributed by atoms with Crippen molar-refractivity contribution in [1.29, 1.82) is 0 Å². The average molecular weight is 234 g/mol. The Labute approximate surface area is 103 Å². The molecule has 2 rings (SSSR count). The third-order valence-electron chi connectivity index (χ3n) is 3.18. The molecule has 94 valence electrons. The quantitative estimate of drug-likeness (QED) is 0.872. The molecule has 1 aromatic rings. The molecular weight excluding hydrogens is 212 g/mol. The van der Waals surface area contributed by atoms with Gasteiger partial charge in [-0.15, -0.1) is 0 Å². The van der Waals surface area contributed by atoms with Gasteiger partial charge in [-0.1, -0.05) is 13.8 Å². The number of aromatic nitrogens is 2. The van der Waals surface area contributed by atoms with E-state index in [2.05, 4.69) is 47.0 Å². The van der Waals surface area contributed by atoms with E-state index in [1.165, 1.54) is 6.42 Å². The summed E-state index contributed by atoms with van der Waals surface area (Å²) in [5.41, 5.74) is 0.400. The fourth-order valence-corrected chi connectivity index (χ4v) is 2.29. The van der Waals surface area contributed by atoms with Crippen LogP contribution >= 0.6 is 0 Å². The molecule has 1 aliphatic heterocycles. The summed E-state index contributed by atoms with van der Waals surface area (Å²) in [6.07, 6.45) is 1.23. The van der Waals surface area contributed by atoms with Gasteiger partial charge in [0.05, 0.1) is 0 Å². The van der Waals surface area contributed by atoms with E-state index in [1.807, 2.05) is 6.92 Å². The van der Waals surface area contributed by atoms with Crippen LogP contribution < -0.4 is 10.2 Å². The van der Waals surface area contributed by atoms with Crippen molar-refractivity contribution in [3.63, 3.8) is 0 Å². The molecule has 17 heavy (non-hydrogen) atoms. The van der Waals surface area contributed by atoms with Gasteiger partial charge in [0.15, 0.2) is 0 Å². The molecule has 1 saturated heterocycles. The Morgan fingerprint density at radius 1 is 1.41 bits per heavy atom. The van der Waals surface area contributed by atoms with Gasteiger partial charge in [-0.25, -0.2) is 9.97 Å². The zero-order chi connectivity index (χ0) is 12.5. The van der Waals surface area contributed by atoms with Crippen molar-refractivity contribution in [3.8, 4) is 0 Å². The van der Waals surface area contributed by atoms with Gasteiger partial charge in [0.1, 0.15) is 17.5 Å². The first-order valence-electron chi connectivity index (χ1n) is 6.35. The highest BCUT2D eigenvalue weighted by Gasteiger charge is 2.30. The third kappa shape index (κ3) is 2.87. The summed E-state index contributed by atoms with van der Waals surface area (Å²) >= 11 is 0. The summed E-state index contributed by atoms with van der Waals surface area (Å²) in [5, 5.41) is 3.26. The third-order valence-corrected chi connectivity index (χ3v) is 3.18. The molecule has 2 heterocycles. The number of anilines is 2. The maximum atomic E-state index is 4.54. The monoisotopic (exact) mass is 234 g/mol. The standard InChI is InChI=1S/C13H22N4/c1-5-14-11-8-12(16-10(2)15-11)17-7-6-13(3,4)9-17/h8H,5-7,9H2,1-4H3,(H,14,15,16). The Hall–Kier alpha value is -1.32. The van der Waals surface area contributed by atoms with Gasteiger partial charge < -0.3 is 10.2 Å². The van der Waals surface area contributed by atoms with E-state index >= 15 is 0 Å². The van der Waals surface area contributed by atoms with Gasteiger partial charge in [-0.2, -0.15) is 0 Å². The molecule has 0 spiro atoms. The van der Waals surface area contributed by atoms with E-state index < -0.39 is 0 Å². The van der Waals surface area contributed by atoms with Crippen LogP contribution in [0.5, 0.6) is 0 Å². The molecule has 0 radical (unpaired) electrons. The first kappa shape index (κ1) is 12.1. The number of hydrogen-bond donors (Lipinski definition) is 1. The smallest absolute Gasteiger partial charge is 0.134 e. The number of rotatable bonds is 3. The molecule has 0 saturated carbocycles. The second-order valence-corrected chi connectivity index (χ2v) is 5.52. The number of hydrogen-bond acceptors (Lipinski definition) is 4. The van der Waals surface area contributed by atoms with E-state index in [1.54, 1.807) is 0 Å². The molecule has 0 bridgehead atoms. The topological polar surface area (TPSA) is 41.0 Å². The number of nitrogens with zero attached hydrogens (tertiary/aromatic N) is 3. The zero-order valence-electron chi connectivity index (χ0n) is 11.2. The highest BCUT2D eigenvalue weighted by atomic mass is 15.2. The molecule has 0 amide bonds. The van der Waals surface area contributed by atoms with E-state index in [9.17, 15) is 0 Å². The molecule has 1 N–H and O–H groups in total. The van der Waals surface area contributed by atoms with E-state index in [0.29, 0.717) is 5.41 Å². The zero-order valence-corrected chi connectivity index (χ0v) is 11.2. The molecule has 0 aromatic carbocycles. The van der Waals surface area contributed by atoms with E-state index in [0.717, 1.165) is 37.1 Å². The SMILES string of the molecule is CCNc1cc(N2CCC(C)(C)C2)nc(C)n1. The lowest BCUT2D eigenvalue weighted by Crippen LogP contribution is -2.24. The van der Waals surface area contributed by atoms with Crippen LogP contribution in [0.3, 0.4) is 0 Å². The van der Waals surface area contributed by atoms with Crippen molar-refractivity contribution < 1.29 is 0 Å². The molecule has 4 nitrogen and oxygen atoms in total. The predicted octanol–water partition coefficient (Wildman–Crippen LogP) is 2.45. The van der Waals surface area contributed by atoms with Crippen molar-refractivity contribution in [1.82, 2.24) is 9.97 Å². The summed E-state index contributed by atoms with van der Waals surface area (Å²) in [5.74, 6) is 2.82. The second kappa shape index (κ2) is 4.51. The van der Waals surface area contributed by atoms with Gasteiger partial charge in [0.25, 0.3) is 0 Å². The summed E-state index contributed by atoms with van der Waals surface area (Å²) < 4.78 is 0. The first-order chi connectivity index (χ1) is 8.00. The summed E-state index contributed by atoms with van der Waals surface area (Å²) in [7, 11) is 0. The van der Waals surface area contributed by atoms with Crippen molar-refractivity contribution in [2.24, 2.45) is 5.41 Å². The van der Waals surface area contributed by atoms with Crippen molar-refractivity contribution >= 4 is 11.6 Å². The Morgan fingerprint density at radius 3 is 2.76 bits per heavy atom. The maximum Gasteiger partial charge on any atom is 0.134 e. The highest BCUT2D eigenvalue weighted by Crippen LogP contribution is 2.32. The Kier molecular flexibility index (Phi) is 3.22. The van der Waals surface area contributed by atoms with E-state index in [-0.39, 0.29) is 0 Å². The minimum atomic E-state index is 0.400. The van der Waals surface area contributed by atoms with Crippen molar-refractivity contribution in [2.75, 3.05) is 29.9 Å². The van der Waals surface area contributed by atoms with Gasteiger partial charge in [0, 0.05) is 25.7 Å². The van der Waals surface area contributed by atoms with Crippen LogP contribution in [0.4, 0.5) is 11.6 Å². The fraction of sp³-hybridized carbons (Fsp3) is 0.692. The lowest BCUT2D eigenvalue weighted by Gasteiger charge is -2.21. The molecular formula is C13H22N4. The maximum absolute atomic E-state index is 4.54. The molecule has 1 fully saturated rings. The number of nitrogens with one attached hydrogen (secondary N) is 1. The lowest BCUT2D eigenvalue weighted by atomic mass is 9.93. The predicted molar refractivity (Wildman–Crippen MR) is 71.5 cm³/mol. The van der Waals surface area contributed by atoms with Gasteiger partial charge in [0.2, 0.25) is 0 Å². The average Bonchev–Trinajstić information content (AvgIpc) is 2.58. The molecule has 4 heteroatoms. The van der Waals surface area contributed by atoms with Crippen LogP contribution in [-0.4, -0.2) is 29.6 Å². The van der Waals surface area contributed by atoms with E-state index in [4.69, 9.17) is 0 Å². The summed E-state index contributed by atoms with van der Waals surface area (Å²) in [6, 6.07) is 2.05. The fourth-order valence-electron chi connectivity index (χ4n) is 2.29. The molecule has 0 unspecified atom stereocenters.